The molecule has 1 heterocycles. The fourth-order valence-corrected chi connectivity index (χ4v) is 3.68. The molecule has 1 saturated carbocycles. The molecule has 2 nitrogen and oxygen atoms in total. The Morgan fingerprint density at radius 3 is 2.70 bits per heavy atom. The van der Waals surface area contributed by atoms with Crippen LogP contribution in [0.15, 0.2) is 24.3 Å². The SMILES string of the molecule is CCC1(C)CC(O)(c2ccccc2C2CCC2)CCO1. The van der Waals surface area contributed by atoms with Crippen LogP contribution in [0.1, 0.15) is 69.4 Å². The maximum Gasteiger partial charge on any atom is 0.0948 e. The Morgan fingerprint density at radius 2 is 2.05 bits per heavy atom. The number of ether oxygens (including phenoxy) is 1. The Hall–Kier alpha value is -0.860. The second kappa shape index (κ2) is 5.16. The third kappa shape index (κ3) is 2.40. The van der Waals surface area contributed by atoms with Gasteiger partial charge in [0.05, 0.1) is 17.8 Å². The van der Waals surface area contributed by atoms with E-state index in [1.807, 2.05) is 0 Å². The van der Waals surface area contributed by atoms with E-state index in [9.17, 15) is 5.11 Å². The lowest BCUT2D eigenvalue weighted by Gasteiger charge is -2.45. The van der Waals surface area contributed by atoms with E-state index in [1.54, 1.807) is 0 Å². The molecule has 20 heavy (non-hydrogen) atoms. The molecule has 2 unspecified atom stereocenters. The van der Waals surface area contributed by atoms with Crippen LogP contribution in [0.3, 0.4) is 0 Å². The average Bonchev–Trinajstić information content (AvgIpc) is 2.37. The highest BCUT2D eigenvalue weighted by molar-refractivity contribution is 5.37. The zero-order valence-electron chi connectivity index (χ0n) is 12.7. The molecule has 0 bridgehead atoms. The van der Waals surface area contributed by atoms with Crippen LogP contribution in [-0.4, -0.2) is 17.3 Å². The van der Waals surface area contributed by atoms with Gasteiger partial charge >= 0.3 is 0 Å². The molecular weight excluding hydrogens is 248 g/mol. The fourth-order valence-electron chi connectivity index (χ4n) is 3.68. The van der Waals surface area contributed by atoms with Gasteiger partial charge in [-0.05, 0) is 43.2 Å². The second-order valence-electron chi connectivity index (χ2n) is 6.83. The van der Waals surface area contributed by atoms with Gasteiger partial charge in [0.2, 0.25) is 0 Å². The third-order valence-corrected chi connectivity index (χ3v) is 5.39. The van der Waals surface area contributed by atoms with Crippen LogP contribution in [0.25, 0.3) is 0 Å². The molecule has 2 aliphatic rings. The molecule has 1 N–H and O–H groups in total. The summed E-state index contributed by atoms with van der Waals surface area (Å²) in [6.07, 6.45) is 6.24. The molecule has 1 saturated heterocycles. The van der Waals surface area contributed by atoms with E-state index in [4.69, 9.17) is 4.74 Å². The highest BCUT2D eigenvalue weighted by Crippen LogP contribution is 2.46. The van der Waals surface area contributed by atoms with E-state index in [1.165, 1.54) is 24.8 Å². The average molecular weight is 274 g/mol. The topological polar surface area (TPSA) is 29.5 Å². The first kappa shape index (κ1) is 14.1. The van der Waals surface area contributed by atoms with E-state index < -0.39 is 5.60 Å². The van der Waals surface area contributed by atoms with Crippen molar-refractivity contribution < 1.29 is 9.84 Å². The lowest BCUT2D eigenvalue weighted by atomic mass is 9.71. The Morgan fingerprint density at radius 1 is 1.30 bits per heavy atom. The van der Waals surface area contributed by atoms with Gasteiger partial charge in [0.25, 0.3) is 0 Å². The molecule has 0 aromatic heterocycles. The van der Waals surface area contributed by atoms with Gasteiger partial charge in [0.1, 0.15) is 0 Å². The molecule has 0 amide bonds. The molecule has 2 atom stereocenters. The Kier molecular flexibility index (Phi) is 3.64. The van der Waals surface area contributed by atoms with Crippen molar-refractivity contribution in [2.24, 2.45) is 0 Å². The van der Waals surface area contributed by atoms with Gasteiger partial charge in [-0.25, -0.2) is 0 Å². The van der Waals surface area contributed by atoms with Crippen LogP contribution in [0, 0.1) is 0 Å². The van der Waals surface area contributed by atoms with Gasteiger partial charge in [-0.15, -0.1) is 0 Å². The largest absolute Gasteiger partial charge is 0.385 e. The van der Waals surface area contributed by atoms with Crippen LogP contribution < -0.4 is 0 Å². The predicted molar refractivity (Wildman–Crippen MR) is 80.8 cm³/mol. The monoisotopic (exact) mass is 274 g/mol. The standard InChI is InChI=1S/C18H26O2/c1-3-17(2)13-18(19,11-12-20-17)16-10-5-4-9-15(16)14-7-6-8-14/h4-5,9-10,14,19H,3,6-8,11-13H2,1-2H3. The Bertz CT molecular complexity index is 480. The van der Waals surface area contributed by atoms with Crippen molar-refractivity contribution >= 4 is 0 Å². The Balaban J connectivity index is 1.94. The lowest BCUT2D eigenvalue weighted by molar-refractivity contribution is -0.158. The molecule has 2 fully saturated rings. The van der Waals surface area contributed by atoms with E-state index in [2.05, 4.69) is 38.1 Å². The highest BCUT2D eigenvalue weighted by Gasteiger charge is 2.43. The van der Waals surface area contributed by atoms with Gasteiger partial charge in [-0.2, -0.15) is 0 Å². The summed E-state index contributed by atoms with van der Waals surface area (Å²) in [5.74, 6) is 0.658. The predicted octanol–water partition coefficient (Wildman–Crippen LogP) is 4.12. The van der Waals surface area contributed by atoms with E-state index in [0.29, 0.717) is 25.4 Å². The van der Waals surface area contributed by atoms with Gasteiger partial charge in [0.15, 0.2) is 0 Å². The van der Waals surface area contributed by atoms with E-state index in [0.717, 1.165) is 12.0 Å². The van der Waals surface area contributed by atoms with Crippen molar-refractivity contribution in [3.8, 4) is 0 Å². The maximum atomic E-state index is 11.3. The van der Waals surface area contributed by atoms with Gasteiger partial charge in [-0.3, -0.25) is 0 Å². The molecule has 1 aliphatic heterocycles. The van der Waals surface area contributed by atoms with Crippen LogP contribution in [0.4, 0.5) is 0 Å². The minimum Gasteiger partial charge on any atom is -0.385 e. The van der Waals surface area contributed by atoms with Crippen molar-refractivity contribution in [3.05, 3.63) is 35.4 Å². The van der Waals surface area contributed by atoms with E-state index in [-0.39, 0.29) is 5.60 Å². The fraction of sp³-hybridized carbons (Fsp3) is 0.667. The summed E-state index contributed by atoms with van der Waals surface area (Å²) in [5.41, 5.74) is 1.63. The minimum absolute atomic E-state index is 0.195. The van der Waals surface area contributed by atoms with Crippen LogP contribution in [-0.2, 0) is 10.3 Å². The minimum atomic E-state index is -0.713. The third-order valence-electron chi connectivity index (χ3n) is 5.39. The summed E-state index contributed by atoms with van der Waals surface area (Å²) in [6.45, 7) is 4.92. The van der Waals surface area contributed by atoms with Crippen molar-refractivity contribution in [1.29, 1.82) is 0 Å². The van der Waals surface area contributed by atoms with Gasteiger partial charge in [-0.1, -0.05) is 37.6 Å². The number of rotatable bonds is 3. The summed E-state index contributed by atoms with van der Waals surface area (Å²) < 4.78 is 5.91. The van der Waals surface area contributed by atoms with Crippen LogP contribution in [0.2, 0.25) is 0 Å². The molecular formula is C18H26O2. The molecule has 110 valence electrons. The van der Waals surface area contributed by atoms with Crippen LogP contribution in [0.5, 0.6) is 0 Å². The highest BCUT2D eigenvalue weighted by atomic mass is 16.5. The number of hydrogen-bond donors (Lipinski definition) is 1. The summed E-state index contributed by atoms with van der Waals surface area (Å²) in [5, 5.41) is 11.3. The van der Waals surface area contributed by atoms with Gasteiger partial charge < -0.3 is 9.84 Å². The second-order valence-corrected chi connectivity index (χ2v) is 6.83. The van der Waals surface area contributed by atoms with Crippen molar-refractivity contribution in [1.82, 2.24) is 0 Å². The normalized spacial score (nSPS) is 34.8. The smallest absolute Gasteiger partial charge is 0.0948 e. The van der Waals surface area contributed by atoms with Crippen LogP contribution >= 0.6 is 0 Å². The first-order valence-corrected chi connectivity index (χ1v) is 8.02. The molecule has 0 spiro atoms. The summed E-state index contributed by atoms with van der Waals surface area (Å²) >= 11 is 0. The quantitative estimate of drug-likeness (QED) is 0.898. The zero-order chi connectivity index (χ0) is 14.2. The molecule has 2 heteroatoms. The summed E-state index contributed by atoms with van der Waals surface area (Å²) in [6, 6.07) is 8.53. The zero-order valence-corrected chi connectivity index (χ0v) is 12.7. The molecule has 1 aromatic carbocycles. The first-order chi connectivity index (χ1) is 9.56. The van der Waals surface area contributed by atoms with E-state index >= 15 is 0 Å². The van der Waals surface area contributed by atoms with Crippen molar-refractivity contribution in [2.75, 3.05) is 6.61 Å². The molecule has 0 radical (unpaired) electrons. The lowest BCUT2D eigenvalue weighted by Crippen LogP contribution is -2.46. The van der Waals surface area contributed by atoms with Crippen molar-refractivity contribution in [3.63, 3.8) is 0 Å². The summed E-state index contributed by atoms with van der Waals surface area (Å²) in [4.78, 5) is 0. The summed E-state index contributed by atoms with van der Waals surface area (Å²) in [7, 11) is 0. The number of hydrogen-bond acceptors (Lipinski definition) is 2. The molecule has 3 rings (SSSR count). The maximum absolute atomic E-state index is 11.3. The molecule has 1 aliphatic carbocycles. The first-order valence-electron chi connectivity index (χ1n) is 8.02. The van der Waals surface area contributed by atoms with Crippen molar-refractivity contribution in [2.45, 2.75) is 69.5 Å². The number of benzene rings is 1. The molecule has 1 aromatic rings. The number of aliphatic hydroxyl groups is 1. The van der Waals surface area contributed by atoms with Gasteiger partial charge in [0, 0.05) is 12.8 Å². The Labute approximate surface area is 122 Å².